The van der Waals surface area contributed by atoms with Gasteiger partial charge in [-0.1, -0.05) is 53.3 Å². The summed E-state index contributed by atoms with van der Waals surface area (Å²) in [5.41, 5.74) is 3.57. The summed E-state index contributed by atoms with van der Waals surface area (Å²) in [6.45, 7) is 12.5. The van der Waals surface area contributed by atoms with E-state index in [1.54, 1.807) is 19.1 Å². The Morgan fingerprint density at radius 2 is 1.30 bits per heavy atom. The summed E-state index contributed by atoms with van der Waals surface area (Å²) in [6.07, 6.45) is 0. The molecule has 3 aromatic carbocycles. The van der Waals surface area contributed by atoms with E-state index in [4.69, 9.17) is 4.74 Å². The van der Waals surface area contributed by atoms with E-state index in [2.05, 4.69) is 10.6 Å². The van der Waals surface area contributed by atoms with Gasteiger partial charge in [0.25, 0.3) is 0 Å². The molecule has 3 N–H and O–H groups in total. The second-order valence-corrected chi connectivity index (χ2v) is 13.1. The van der Waals surface area contributed by atoms with Crippen LogP contribution in [0.2, 0.25) is 0 Å². The zero-order chi connectivity index (χ0) is 29.7. The Morgan fingerprint density at radius 1 is 0.825 bits per heavy atom. The Kier molecular flexibility index (Phi) is 9.92. The first-order chi connectivity index (χ1) is 18.7. The predicted octanol–water partition coefficient (Wildman–Crippen LogP) is 6.93. The molecule has 0 saturated carbocycles. The molecule has 0 spiro atoms. The van der Waals surface area contributed by atoms with Crippen molar-refractivity contribution in [3.8, 4) is 11.5 Å². The van der Waals surface area contributed by atoms with Gasteiger partial charge in [-0.05, 0) is 78.5 Å². The molecular weight excluding hydrogens is 522 g/mol. The molecule has 0 heterocycles. The normalized spacial score (nSPS) is 11.8. The molecule has 214 valence electrons. The Morgan fingerprint density at radius 3 is 1.77 bits per heavy atom. The minimum atomic E-state index is -0.275. The minimum Gasteiger partial charge on any atom is -0.507 e. The molecule has 3 aromatic rings. The zero-order valence-electron chi connectivity index (χ0n) is 24.7. The van der Waals surface area contributed by atoms with Crippen molar-refractivity contribution in [3.63, 3.8) is 0 Å². The van der Waals surface area contributed by atoms with E-state index >= 15 is 0 Å². The van der Waals surface area contributed by atoms with Crippen molar-refractivity contribution >= 4 is 39.8 Å². The SMILES string of the molecule is COc1ccc(Nc2ccc(NC(=O)CN(C)CC(=O)Sc3cc(C(C)(C)C)c(O)c(C(C)(C)C)c3)cc2)cc1. The predicted molar refractivity (Wildman–Crippen MR) is 165 cm³/mol. The number of thioether (sulfide) groups is 1. The van der Waals surface area contributed by atoms with E-state index in [-0.39, 0.29) is 40.7 Å². The van der Waals surface area contributed by atoms with Crippen LogP contribution in [0.1, 0.15) is 52.7 Å². The van der Waals surface area contributed by atoms with Crippen molar-refractivity contribution in [3.05, 3.63) is 71.8 Å². The molecule has 0 bridgehead atoms. The maximum absolute atomic E-state index is 12.9. The molecule has 0 aliphatic rings. The second kappa shape index (κ2) is 12.8. The van der Waals surface area contributed by atoms with Gasteiger partial charge >= 0.3 is 0 Å². The smallest absolute Gasteiger partial charge is 0.238 e. The van der Waals surface area contributed by atoms with Crippen molar-refractivity contribution < 1.29 is 19.4 Å². The van der Waals surface area contributed by atoms with Gasteiger partial charge in [-0.3, -0.25) is 14.5 Å². The van der Waals surface area contributed by atoms with Crippen LogP contribution in [0, 0.1) is 0 Å². The van der Waals surface area contributed by atoms with Crippen LogP contribution >= 0.6 is 11.8 Å². The van der Waals surface area contributed by atoms with Crippen molar-refractivity contribution in [1.82, 2.24) is 4.90 Å². The molecule has 0 unspecified atom stereocenters. The van der Waals surface area contributed by atoms with Crippen LogP contribution in [0.3, 0.4) is 0 Å². The van der Waals surface area contributed by atoms with Gasteiger partial charge in [0.2, 0.25) is 11.0 Å². The van der Waals surface area contributed by atoms with Crippen LogP contribution in [-0.4, -0.2) is 48.3 Å². The number of hydrogen-bond donors (Lipinski definition) is 3. The number of carbonyl (C=O) groups is 2. The molecule has 7 nitrogen and oxygen atoms in total. The number of ether oxygens (including phenoxy) is 1. The van der Waals surface area contributed by atoms with Crippen molar-refractivity contribution in [2.45, 2.75) is 57.3 Å². The van der Waals surface area contributed by atoms with Gasteiger partial charge in [0.05, 0.1) is 20.2 Å². The van der Waals surface area contributed by atoms with Gasteiger partial charge in [-0.2, -0.15) is 0 Å². The first-order valence-electron chi connectivity index (χ1n) is 13.2. The molecule has 40 heavy (non-hydrogen) atoms. The number of carbonyl (C=O) groups excluding carboxylic acids is 2. The van der Waals surface area contributed by atoms with Crippen molar-refractivity contribution in [1.29, 1.82) is 0 Å². The summed E-state index contributed by atoms with van der Waals surface area (Å²) in [5, 5.41) is 17.0. The Balaban J connectivity index is 1.55. The van der Waals surface area contributed by atoms with Crippen molar-refractivity contribution in [2.75, 3.05) is 37.9 Å². The number of rotatable bonds is 9. The van der Waals surface area contributed by atoms with E-state index in [0.717, 1.165) is 44.9 Å². The van der Waals surface area contributed by atoms with Crippen LogP contribution in [0.4, 0.5) is 17.1 Å². The number of anilines is 3. The third kappa shape index (κ3) is 8.76. The summed E-state index contributed by atoms with van der Waals surface area (Å²) in [6, 6.07) is 18.8. The molecule has 0 fully saturated rings. The molecular formula is C32H41N3O4S. The molecule has 1 amide bonds. The maximum atomic E-state index is 12.9. The number of likely N-dealkylation sites (N-methyl/N-ethyl adjacent to an activating group) is 1. The lowest BCUT2D eigenvalue weighted by Gasteiger charge is -2.28. The average Bonchev–Trinajstić information content (AvgIpc) is 2.85. The van der Waals surface area contributed by atoms with E-state index in [0.29, 0.717) is 5.69 Å². The number of amides is 1. The number of methoxy groups -OCH3 is 1. The number of aromatic hydroxyl groups is 1. The third-order valence-electron chi connectivity index (χ3n) is 6.29. The minimum absolute atomic E-state index is 0.0744. The summed E-state index contributed by atoms with van der Waals surface area (Å²) in [7, 11) is 3.38. The van der Waals surface area contributed by atoms with Crippen LogP contribution < -0.4 is 15.4 Å². The fraction of sp³-hybridized carbons (Fsp3) is 0.375. The number of benzene rings is 3. The van der Waals surface area contributed by atoms with Gasteiger partial charge in [0.1, 0.15) is 11.5 Å². The Hall–Kier alpha value is -3.49. The average molecular weight is 564 g/mol. The molecule has 0 aliphatic carbocycles. The highest BCUT2D eigenvalue weighted by atomic mass is 32.2. The molecule has 8 heteroatoms. The first kappa shape index (κ1) is 31.0. The largest absolute Gasteiger partial charge is 0.507 e. The second-order valence-electron chi connectivity index (χ2n) is 12.0. The molecule has 0 aromatic heterocycles. The molecule has 0 atom stereocenters. The van der Waals surface area contributed by atoms with E-state index in [9.17, 15) is 14.7 Å². The van der Waals surface area contributed by atoms with E-state index in [1.165, 1.54) is 0 Å². The van der Waals surface area contributed by atoms with Crippen molar-refractivity contribution in [2.24, 2.45) is 0 Å². The van der Waals surface area contributed by atoms with Crippen LogP contribution in [0.5, 0.6) is 11.5 Å². The highest BCUT2D eigenvalue weighted by molar-refractivity contribution is 8.13. The quantitative estimate of drug-likeness (QED) is 0.243. The van der Waals surface area contributed by atoms with Gasteiger partial charge in [-0.25, -0.2) is 0 Å². The third-order valence-corrected chi connectivity index (χ3v) is 7.12. The Bertz CT molecular complexity index is 1290. The molecule has 3 rings (SSSR count). The highest BCUT2D eigenvalue weighted by Gasteiger charge is 2.27. The molecule has 0 saturated heterocycles. The van der Waals surface area contributed by atoms with Gasteiger partial charge < -0.3 is 20.5 Å². The molecule has 0 aliphatic heterocycles. The summed E-state index contributed by atoms with van der Waals surface area (Å²) < 4.78 is 5.18. The monoisotopic (exact) mass is 563 g/mol. The highest BCUT2D eigenvalue weighted by Crippen LogP contribution is 2.41. The molecule has 0 radical (unpaired) electrons. The lowest BCUT2D eigenvalue weighted by molar-refractivity contribution is -0.117. The van der Waals surface area contributed by atoms with Crippen LogP contribution in [-0.2, 0) is 20.4 Å². The summed E-state index contributed by atoms with van der Waals surface area (Å²) in [5.74, 6) is 0.875. The standard InChI is InChI=1S/C32H41N3O4S/c1-31(2,3)26-17-25(18-27(30(26)38)32(4,5)6)40-29(37)20-35(7)19-28(36)34-23-11-9-21(10-12-23)33-22-13-15-24(39-8)16-14-22/h9-18,33,38H,19-20H2,1-8H3,(H,34,36). The zero-order valence-corrected chi connectivity index (χ0v) is 25.5. The number of phenols is 1. The van der Waals surface area contributed by atoms with Crippen LogP contribution in [0.25, 0.3) is 0 Å². The summed E-state index contributed by atoms with van der Waals surface area (Å²) >= 11 is 1.14. The number of hydrogen-bond acceptors (Lipinski definition) is 7. The first-order valence-corrected chi connectivity index (χ1v) is 14.1. The maximum Gasteiger partial charge on any atom is 0.238 e. The van der Waals surface area contributed by atoms with Gasteiger partial charge in [0.15, 0.2) is 0 Å². The fourth-order valence-corrected chi connectivity index (χ4v) is 5.08. The number of nitrogens with one attached hydrogen (secondary N) is 2. The summed E-state index contributed by atoms with van der Waals surface area (Å²) in [4.78, 5) is 28.0. The van der Waals surface area contributed by atoms with Crippen LogP contribution in [0.15, 0.2) is 65.6 Å². The fourth-order valence-electron chi connectivity index (χ4n) is 4.17. The van der Waals surface area contributed by atoms with Gasteiger partial charge in [-0.15, -0.1) is 0 Å². The lowest BCUT2D eigenvalue weighted by Crippen LogP contribution is -2.33. The van der Waals surface area contributed by atoms with E-state index in [1.807, 2.05) is 102 Å². The number of phenolic OH excluding ortho intramolecular Hbond substituents is 1. The van der Waals surface area contributed by atoms with E-state index < -0.39 is 0 Å². The van der Waals surface area contributed by atoms with Gasteiger partial charge in [0, 0.05) is 33.1 Å². The Labute approximate surface area is 242 Å². The number of nitrogens with zero attached hydrogens (tertiary/aromatic N) is 1. The topological polar surface area (TPSA) is 90.9 Å². The lowest BCUT2D eigenvalue weighted by atomic mass is 9.79.